The minimum Gasteiger partial charge on any atom is -0.384 e. The van der Waals surface area contributed by atoms with E-state index in [-0.39, 0.29) is 18.1 Å². The summed E-state index contributed by atoms with van der Waals surface area (Å²) in [5, 5.41) is 5.83. The molecule has 2 unspecified atom stereocenters. The minimum atomic E-state index is -0.743. The Morgan fingerprint density at radius 2 is 2.14 bits per heavy atom. The predicted molar refractivity (Wildman–Crippen MR) is 74.7 cm³/mol. The van der Waals surface area contributed by atoms with E-state index in [2.05, 4.69) is 10.6 Å². The van der Waals surface area contributed by atoms with E-state index in [9.17, 15) is 13.6 Å². The second kappa shape index (κ2) is 6.49. The van der Waals surface area contributed by atoms with Crippen molar-refractivity contribution in [2.45, 2.75) is 19.4 Å². The van der Waals surface area contributed by atoms with Crippen LogP contribution in [0.25, 0.3) is 0 Å². The highest BCUT2D eigenvalue weighted by Gasteiger charge is 2.42. The molecule has 1 amide bonds. The van der Waals surface area contributed by atoms with Gasteiger partial charge in [-0.25, -0.2) is 8.78 Å². The molecule has 1 saturated heterocycles. The van der Waals surface area contributed by atoms with E-state index in [0.717, 1.165) is 6.54 Å². The van der Waals surface area contributed by atoms with Crippen LogP contribution in [0.5, 0.6) is 0 Å². The standard InChI is InChI=1S/C15H20F2N2O2/c1-10(13-11(16)4-3-5-12(13)17)19-14(20)15(9-21-2)6-7-18-8-15/h3-5,10,18H,6-9H2,1-2H3,(H,19,20). The van der Waals surface area contributed by atoms with Gasteiger partial charge < -0.3 is 15.4 Å². The molecule has 0 aliphatic carbocycles. The SMILES string of the molecule is COCC1(C(=O)NC(C)c2c(F)cccc2F)CCNC1. The molecule has 0 spiro atoms. The third-order valence-corrected chi connectivity index (χ3v) is 3.93. The molecule has 0 bridgehead atoms. The molecule has 1 heterocycles. The van der Waals surface area contributed by atoms with Crippen molar-refractivity contribution in [2.75, 3.05) is 26.8 Å². The van der Waals surface area contributed by atoms with Gasteiger partial charge in [0.2, 0.25) is 5.91 Å². The predicted octanol–water partition coefficient (Wildman–Crippen LogP) is 1.77. The van der Waals surface area contributed by atoms with Crippen LogP contribution < -0.4 is 10.6 Å². The monoisotopic (exact) mass is 298 g/mol. The van der Waals surface area contributed by atoms with Crippen molar-refractivity contribution in [3.8, 4) is 0 Å². The Hall–Kier alpha value is -1.53. The van der Waals surface area contributed by atoms with Crippen molar-refractivity contribution in [3.05, 3.63) is 35.4 Å². The van der Waals surface area contributed by atoms with Crippen molar-refractivity contribution < 1.29 is 18.3 Å². The molecule has 1 fully saturated rings. The van der Waals surface area contributed by atoms with Crippen LogP contribution in [0.3, 0.4) is 0 Å². The van der Waals surface area contributed by atoms with E-state index in [1.165, 1.54) is 25.3 Å². The number of amides is 1. The van der Waals surface area contributed by atoms with Crippen molar-refractivity contribution in [1.29, 1.82) is 0 Å². The zero-order valence-corrected chi connectivity index (χ0v) is 12.2. The fourth-order valence-electron chi connectivity index (χ4n) is 2.75. The molecule has 1 aromatic carbocycles. The summed E-state index contributed by atoms with van der Waals surface area (Å²) in [6.07, 6.45) is 0.638. The smallest absolute Gasteiger partial charge is 0.230 e. The zero-order chi connectivity index (χ0) is 15.5. The fourth-order valence-corrected chi connectivity index (χ4v) is 2.75. The molecule has 2 N–H and O–H groups in total. The lowest BCUT2D eigenvalue weighted by Crippen LogP contribution is -2.46. The average molecular weight is 298 g/mol. The van der Waals surface area contributed by atoms with Crippen LogP contribution >= 0.6 is 0 Å². The molecular weight excluding hydrogens is 278 g/mol. The van der Waals surface area contributed by atoms with Crippen LogP contribution in [0.15, 0.2) is 18.2 Å². The van der Waals surface area contributed by atoms with Gasteiger partial charge in [0.25, 0.3) is 0 Å². The van der Waals surface area contributed by atoms with E-state index in [1.54, 1.807) is 6.92 Å². The Balaban J connectivity index is 2.15. The summed E-state index contributed by atoms with van der Waals surface area (Å²) in [4.78, 5) is 12.5. The third-order valence-electron chi connectivity index (χ3n) is 3.93. The maximum absolute atomic E-state index is 13.7. The third kappa shape index (κ3) is 3.22. The molecule has 0 aromatic heterocycles. The number of halogens is 2. The van der Waals surface area contributed by atoms with Crippen LogP contribution in [-0.4, -0.2) is 32.7 Å². The van der Waals surface area contributed by atoms with Crippen LogP contribution in [0.1, 0.15) is 24.9 Å². The number of hydrogen-bond donors (Lipinski definition) is 2. The number of ether oxygens (including phenoxy) is 1. The van der Waals surface area contributed by atoms with E-state index in [0.29, 0.717) is 13.0 Å². The van der Waals surface area contributed by atoms with Gasteiger partial charge in [0, 0.05) is 19.2 Å². The van der Waals surface area contributed by atoms with Gasteiger partial charge in [-0.1, -0.05) is 6.07 Å². The first-order valence-electron chi connectivity index (χ1n) is 6.95. The highest BCUT2D eigenvalue weighted by molar-refractivity contribution is 5.83. The molecule has 6 heteroatoms. The summed E-state index contributed by atoms with van der Waals surface area (Å²) in [5.74, 6) is -1.56. The van der Waals surface area contributed by atoms with E-state index in [4.69, 9.17) is 4.74 Å². The number of carbonyl (C=O) groups excluding carboxylic acids is 1. The summed E-state index contributed by atoms with van der Waals surface area (Å²) < 4.78 is 32.6. The first kappa shape index (κ1) is 15.9. The lowest BCUT2D eigenvalue weighted by atomic mass is 9.86. The van der Waals surface area contributed by atoms with Gasteiger partial charge >= 0.3 is 0 Å². The number of hydrogen-bond acceptors (Lipinski definition) is 3. The van der Waals surface area contributed by atoms with E-state index >= 15 is 0 Å². The first-order chi connectivity index (χ1) is 10.00. The van der Waals surface area contributed by atoms with Gasteiger partial charge in [0.15, 0.2) is 0 Å². The maximum Gasteiger partial charge on any atom is 0.230 e. The van der Waals surface area contributed by atoms with Gasteiger partial charge in [-0.05, 0) is 32.0 Å². The second-order valence-corrected chi connectivity index (χ2v) is 5.47. The Morgan fingerprint density at radius 1 is 1.48 bits per heavy atom. The molecule has 2 atom stereocenters. The molecule has 0 saturated carbocycles. The molecule has 1 aliphatic heterocycles. The lowest BCUT2D eigenvalue weighted by Gasteiger charge is -2.28. The molecule has 21 heavy (non-hydrogen) atoms. The molecule has 1 aromatic rings. The van der Waals surface area contributed by atoms with Crippen LogP contribution in [0, 0.1) is 17.0 Å². The van der Waals surface area contributed by atoms with Crippen molar-refractivity contribution in [3.63, 3.8) is 0 Å². The number of carbonyl (C=O) groups is 1. The normalized spacial score (nSPS) is 23.0. The molecular formula is C15H20F2N2O2. The van der Waals surface area contributed by atoms with Crippen LogP contribution in [0.2, 0.25) is 0 Å². The van der Waals surface area contributed by atoms with Gasteiger partial charge in [0.1, 0.15) is 11.6 Å². The maximum atomic E-state index is 13.7. The van der Waals surface area contributed by atoms with Crippen molar-refractivity contribution in [1.82, 2.24) is 10.6 Å². The minimum absolute atomic E-state index is 0.121. The summed E-state index contributed by atoms with van der Waals surface area (Å²) in [5.41, 5.74) is -0.797. The van der Waals surface area contributed by atoms with Gasteiger partial charge in [0.05, 0.1) is 18.1 Å². The number of benzene rings is 1. The quantitative estimate of drug-likeness (QED) is 0.871. The largest absolute Gasteiger partial charge is 0.384 e. The van der Waals surface area contributed by atoms with Crippen molar-refractivity contribution in [2.24, 2.45) is 5.41 Å². The van der Waals surface area contributed by atoms with Crippen molar-refractivity contribution >= 4 is 5.91 Å². The number of rotatable bonds is 5. The Labute approximate surface area is 122 Å². The summed E-state index contributed by atoms with van der Waals surface area (Å²) in [7, 11) is 1.54. The highest BCUT2D eigenvalue weighted by Crippen LogP contribution is 2.28. The average Bonchev–Trinajstić information content (AvgIpc) is 2.89. The zero-order valence-electron chi connectivity index (χ0n) is 12.2. The van der Waals surface area contributed by atoms with Crippen LogP contribution in [0.4, 0.5) is 8.78 Å². The first-order valence-corrected chi connectivity index (χ1v) is 6.95. The number of methoxy groups -OCH3 is 1. The molecule has 1 aliphatic rings. The van der Waals surface area contributed by atoms with E-state index in [1.807, 2.05) is 0 Å². The number of nitrogens with one attached hydrogen (secondary N) is 2. The second-order valence-electron chi connectivity index (χ2n) is 5.47. The molecule has 2 rings (SSSR count). The molecule has 116 valence electrons. The topological polar surface area (TPSA) is 50.4 Å². The lowest BCUT2D eigenvalue weighted by molar-refractivity contribution is -0.133. The Bertz CT molecular complexity index is 496. The summed E-state index contributed by atoms with van der Waals surface area (Å²) >= 11 is 0. The van der Waals surface area contributed by atoms with Gasteiger partial charge in [-0.2, -0.15) is 0 Å². The molecule has 0 radical (unpaired) electrons. The van der Waals surface area contributed by atoms with Crippen LogP contribution in [-0.2, 0) is 9.53 Å². The summed E-state index contributed by atoms with van der Waals surface area (Å²) in [6, 6.07) is 2.93. The Kier molecular flexibility index (Phi) is 4.90. The van der Waals surface area contributed by atoms with Gasteiger partial charge in [-0.3, -0.25) is 4.79 Å². The molecule has 4 nitrogen and oxygen atoms in total. The fraction of sp³-hybridized carbons (Fsp3) is 0.533. The van der Waals surface area contributed by atoms with E-state index < -0.39 is 23.1 Å². The Morgan fingerprint density at radius 3 is 2.67 bits per heavy atom. The summed E-state index contributed by atoms with van der Waals surface area (Å²) in [6.45, 7) is 3.07. The van der Waals surface area contributed by atoms with Gasteiger partial charge in [-0.15, -0.1) is 0 Å². The highest BCUT2D eigenvalue weighted by atomic mass is 19.1.